The highest BCUT2D eigenvalue weighted by molar-refractivity contribution is 5.05. The van der Waals surface area contributed by atoms with E-state index in [9.17, 15) is 5.11 Å². The Morgan fingerprint density at radius 2 is 2.56 bits per heavy atom. The summed E-state index contributed by atoms with van der Waals surface area (Å²) in [5, 5.41) is 13.2. The smallest absolute Gasteiger partial charge is 0.162 e. The molecule has 5 heteroatoms. The lowest BCUT2D eigenvalue weighted by molar-refractivity contribution is 0.148. The first-order valence-corrected chi connectivity index (χ1v) is 5.62. The summed E-state index contributed by atoms with van der Waals surface area (Å²) in [7, 11) is 1.63. The molecule has 1 aromatic rings. The number of nitrogens with zero attached hydrogens (tertiary/aromatic N) is 2. The first-order valence-electron chi connectivity index (χ1n) is 5.62. The van der Waals surface area contributed by atoms with E-state index in [1.54, 1.807) is 7.11 Å². The molecule has 2 heterocycles. The maximum atomic E-state index is 9.20. The van der Waals surface area contributed by atoms with Gasteiger partial charge in [0.05, 0.1) is 12.3 Å². The molecule has 1 aliphatic rings. The zero-order valence-corrected chi connectivity index (χ0v) is 9.56. The van der Waals surface area contributed by atoms with Gasteiger partial charge in [0.25, 0.3) is 0 Å². The predicted molar refractivity (Wildman–Crippen MR) is 57.7 cm³/mol. The minimum Gasteiger partial charge on any atom is -0.395 e. The normalized spacial score (nSPS) is 21.8. The third kappa shape index (κ3) is 2.61. The Balaban J connectivity index is 1.92. The number of aliphatic hydroxyl groups is 1. The van der Waals surface area contributed by atoms with E-state index in [-0.39, 0.29) is 12.6 Å². The van der Waals surface area contributed by atoms with Crippen LogP contribution in [0.1, 0.15) is 24.3 Å². The van der Waals surface area contributed by atoms with Crippen LogP contribution >= 0.6 is 0 Å². The van der Waals surface area contributed by atoms with Gasteiger partial charge in [-0.2, -0.15) is 0 Å². The molecule has 1 fully saturated rings. The second-order valence-electron chi connectivity index (χ2n) is 4.17. The second-order valence-corrected chi connectivity index (χ2v) is 4.17. The van der Waals surface area contributed by atoms with Crippen molar-refractivity contribution in [3.63, 3.8) is 0 Å². The molecule has 0 aliphatic carbocycles. The van der Waals surface area contributed by atoms with Crippen molar-refractivity contribution < 1.29 is 14.4 Å². The number of ether oxygens (including phenoxy) is 1. The molecular formula is C11H18N2O3. The molecule has 0 bridgehead atoms. The SMILES string of the molecule is COCc1cc(CN2CCC[C@H]2CO)no1. The maximum absolute atomic E-state index is 9.20. The van der Waals surface area contributed by atoms with Gasteiger partial charge in [0, 0.05) is 25.8 Å². The van der Waals surface area contributed by atoms with Gasteiger partial charge < -0.3 is 14.4 Å². The predicted octanol–water partition coefficient (Wildman–Crippen LogP) is 0.778. The molecule has 0 radical (unpaired) electrons. The van der Waals surface area contributed by atoms with Crippen molar-refractivity contribution in [3.8, 4) is 0 Å². The Bertz CT molecular complexity index is 327. The van der Waals surface area contributed by atoms with Crippen LogP contribution in [-0.4, -0.2) is 41.5 Å². The van der Waals surface area contributed by atoms with Crippen LogP contribution in [0, 0.1) is 0 Å². The molecule has 1 saturated heterocycles. The summed E-state index contributed by atoms with van der Waals surface area (Å²) in [6.07, 6.45) is 2.22. The number of hydrogen-bond acceptors (Lipinski definition) is 5. The molecule has 0 spiro atoms. The van der Waals surface area contributed by atoms with Gasteiger partial charge in [-0.25, -0.2) is 0 Å². The Morgan fingerprint density at radius 3 is 3.31 bits per heavy atom. The average Bonchev–Trinajstić information content (AvgIpc) is 2.89. The molecule has 1 atom stereocenters. The lowest BCUT2D eigenvalue weighted by atomic mass is 10.2. The minimum absolute atomic E-state index is 0.225. The van der Waals surface area contributed by atoms with Crippen LogP contribution in [0.3, 0.4) is 0 Å². The number of rotatable bonds is 5. The Hall–Kier alpha value is -0.910. The maximum Gasteiger partial charge on any atom is 0.162 e. The zero-order valence-electron chi connectivity index (χ0n) is 9.56. The van der Waals surface area contributed by atoms with Crippen LogP contribution in [0.4, 0.5) is 0 Å². The van der Waals surface area contributed by atoms with Crippen molar-refractivity contribution in [1.82, 2.24) is 10.1 Å². The molecule has 5 nitrogen and oxygen atoms in total. The summed E-state index contributed by atoms with van der Waals surface area (Å²) in [5.74, 6) is 0.747. The molecule has 0 aromatic carbocycles. The van der Waals surface area contributed by atoms with Crippen molar-refractivity contribution in [2.75, 3.05) is 20.3 Å². The van der Waals surface area contributed by atoms with E-state index >= 15 is 0 Å². The van der Waals surface area contributed by atoms with Crippen molar-refractivity contribution in [2.45, 2.75) is 32.0 Å². The molecule has 0 unspecified atom stereocenters. The standard InChI is InChI=1S/C11H18N2O3/c1-15-8-11-5-9(12-16-11)6-13-4-2-3-10(13)7-14/h5,10,14H,2-4,6-8H2,1H3/t10-/m0/s1. The fourth-order valence-corrected chi connectivity index (χ4v) is 2.16. The molecular weight excluding hydrogens is 208 g/mol. The first-order chi connectivity index (χ1) is 7.83. The van der Waals surface area contributed by atoms with Gasteiger partial charge >= 0.3 is 0 Å². The van der Waals surface area contributed by atoms with Crippen LogP contribution in [0.25, 0.3) is 0 Å². The largest absolute Gasteiger partial charge is 0.395 e. The summed E-state index contributed by atoms with van der Waals surface area (Å²) in [6.45, 7) is 2.45. The van der Waals surface area contributed by atoms with Gasteiger partial charge in [-0.15, -0.1) is 0 Å². The molecule has 2 rings (SSSR count). The summed E-state index contributed by atoms with van der Waals surface area (Å²) < 4.78 is 10.1. The highest BCUT2D eigenvalue weighted by Gasteiger charge is 2.24. The topological polar surface area (TPSA) is 58.7 Å². The second kappa shape index (κ2) is 5.43. The molecule has 0 saturated carbocycles. The lowest BCUT2D eigenvalue weighted by Gasteiger charge is -2.20. The van der Waals surface area contributed by atoms with Crippen molar-refractivity contribution in [2.24, 2.45) is 0 Å². The van der Waals surface area contributed by atoms with E-state index < -0.39 is 0 Å². The molecule has 1 N–H and O–H groups in total. The molecule has 1 aliphatic heterocycles. The quantitative estimate of drug-likeness (QED) is 0.804. The fourth-order valence-electron chi connectivity index (χ4n) is 2.16. The summed E-state index contributed by atoms with van der Waals surface area (Å²) >= 11 is 0. The van der Waals surface area contributed by atoms with Gasteiger partial charge in [0.15, 0.2) is 5.76 Å². The number of aromatic nitrogens is 1. The number of hydrogen-bond donors (Lipinski definition) is 1. The van der Waals surface area contributed by atoms with Gasteiger partial charge in [0.2, 0.25) is 0 Å². The minimum atomic E-state index is 0.225. The van der Waals surface area contributed by atoms with Crippen LogP contribution in [0.2, 0.25) is 0 Å². The number of methoxy groups -OCH3 is 1. The molecule has 90 valence electrons. The van der Waals surface area contributed by atoms with E-state index in [0.717, 1.165) is 37.4 Å². The fraction of sp³-hybridized carbons (Fsp3) is 0.727. The van der Waals surface area contributed by atoms with E-state index in [1.807, 2.05) is 6.07 Å². The Kier molecular flexibility index (Phi) is 3.93. The summed E-state index contributed by atoms with van der Waals surface area (Å²) in [4.78, 5) is 2.24. The van der Waals surface area contributed by atoms with Gasteiger partial charge in [0.1, 0.15) is 6.61 Å². The zero-order chi connectivity index (χ0) is 11.4. The van der Waals surface area contributed by atoms with Crippen LogP contribution in [0.15, 0.2) is 10.6 Å². The van der Waals surface area contributed by atoms with E-state index in [0.29, 0.717) is 6.61 Å². The highest BCUT2D eigenvalue weighted by atomic mass is 16.5. The third-order valence-electron chi connectivity index (χ3n) is 2.97. The van der Waals surface area contributed by atoms with Gasteiger partial charge in [-0.1, -0.05) is 5.16 Å². The Morgan fingerprint density at radius 1 is 1.69 bits per heavy atom. The monoisotopic (exact) mass is 226 g/mol. The van der Waals surface area contributed by atoms with Crippen LogP contribution in [0.5, 0.6) is 0 Å². The van der Waals surface area contributed by atoms with Crippen LogP contribution in [-0.2, 0) is 17.9 Å². The molecule has 0 amide bonds. The van der Waals surface area contributed by atoms with Gasteiger partial charge in [-0.05, 0) is 19.4 Å². The van der Waals surface area contributed by atoms with E-state index in [4.69, 9.17) is 9.26 Å². The highest BCUT2D eigenvalue weighted by Crippen LogP contribution is 2.19. The van der Waals surface area contributed by atoms with E-state index in [1.165, 1.54) is 0 Å². The Labute approximate surface area is 95.0 Å². The summed E-state index contributed by atoms with van der Waals surface area (Å²) in [5.41, 5.74) is 0.910. The molecule has 1 aromatic heterocycles. The van der Waals surface area contributed by atoms with Crippen molar-refractivity contribution in [1.29, 1.82) is 0 Å². The average molecular weight is 226 g/mol. The first kappa shape index (κ1) is 11.6. The number of aliphatic hydroxyl groups excluding tert-OH is 1. The van der Waals surface area contributed by atoms with Crippen molar-refractivity contribution in [3.05, 3.63) is 17.5 Å². The van der Waals surface area contributed by atoms with E-state index in [2.05, 4.69) is 10.1 Å². The number of likely N-dealkylation sites (tertiary alicyclic amines) is 1. The summed E-state index contributed by atoms with van der Waals surface area (Å²) in [6, 6.07) is 2.19. The molecule has 16 heavy (non-hydrogen) atoms. The lowest BCUT2D eigenvalue weighted by Crippen LogP contribution is -2.31. The third-order valence-corrected chi connectivity index (χ3v) is 2.97. The van der Waals surface area contributed by atoms with Crippen molar-refractivity contribution >= 4 is 0 Å². The van der Waals surface area contributed by atoms with Gasteiger partial charge in [-0.3, -0.25) is 4.90 Å². The van der Waals surface area contributed by atoms with Crippen LogP contribution < -0.4 is 0 Å².